The summed E-state index contributed by atoms with van der Waals surface area (Å²) in [5.41, 5.74) is 5.87. The van der Waals surface area contributed by atoms with Crippen LogP contribution in [0.3, 0.4) is 0 Å². The van der Waals surface area contributed by atoms with Gasteiger partial charge in [0.15, 0.2) is 0 Å². The van der Waals surface area contributed by atoms with Crippen molar-refractivity contribution in [3.8, 4) is 11.4 Å². The van der Waals surface area contributed by atoms with Gasteiger partial charge < -0.3 is 4.98 Å². The molecule has 2 heterocycles. The predicted octanol–water partition coefficient (Wildman–Crippen LogP) is 4.62. The predicted molar refractivity (Wildman–Crippen MR) is 104 cm³/mol. The molecule has 132 valence electrons. The summed E-state index contributed by atoms with van der Waals surface area (Å²) in [5.74, 6) is 1.05. The first-order valence-corrected chi connectivity index (χ1v) is 8.92. The molecule has 4 rings (SSSR count). The summed E-state index contributed by atoms with van der Waals surface area (Å²) < 4.78 is 0. The molecule has 0 aliphatic heterocycles. The third kappa shape index (κ3) is 2.51. The maximum atomic E-state index is 4.07. The number of benzene rings is 2. The van der Waals surface area contributed by atoms with E-state index in [-0.39, 0.29) is 5.41 Å². The summed E-state index contributed by atoms with van der Waals surface area (Å²) in [6.07, 6.45) is 2.14. The average Bonchev–Trinajstić information content (AvgIpc) is 3.31. The highest BCUT2D eigenvalue weighted by Crippen LogP contribution is 2.42. The van der Waals surface area contributed by atoms with Crippen molar-refractivity contribution in [2.24, 2.45) is 5.92 Å². The average molecular weight is 345 g/mol. The lowest BCUT2D eigenvalue weighted by Gasteiger charge is -2.35. The standard InChI is InChI=1S/C21H23N5/c1-13(2)21(4,16-8-5-14(3)6-9-16)18-12-22-19-11-15(7-10-17(18)19)20-23-25-26-24-20/h5-13,22H,1-4H3,(H,23,24,25,26). The van der Waals surface area contributed by atoms with Crippen molar-refractivity contribution in [3.63, 3.8) is 0 Å². The number of rotatable bonds is 4. The molecule has 1 unspecified atom stereocenters. The first-order chi connectivity index (χ1) is 12.5. The molecule has 0 aliphatic rings. The zero-order chi connectivity index (χ0) is 18.3. The van der Waals surface area contributed by atoms with E-state index in [9.17, 15) is 0 Å². The minimum Gasteiger partial charge on any atom is -0.361 e. The molecule has 26 heavy (non-hydrogen) atoms. The largest absolute Gasteiger partial charge is 0.361 e. The first kappa shape index (κ1) is 16.5. The number of H-pyrrole nitrogens is 2. The van der Waals surface area contributed by atoms with Gasteiger partial charge in [-0.05, 0) is 35.2 Å². The highest BCUT2D eigenvalue weighted by molar-refractivity contribution is 5.88. The van der Waals surface area contributed by atoms with E-state index < -0.39 is 0 Å². The SMILES string of the molecule is Cc1ccc(C(C)(c2c[nH]c3cc(-c4nn[nH]n4)ccc23)C(C)C)cc1. The van der Waals surface area contributed by atoms with Gasteiger partial charge in [-0.2, -0.15) is 5.21 Å². The van der Waals surface area contributed by atoms with Crippen LogP contribution in [0, 0.1) is 12.8 Å². The van der Waals surface area contributed by atoms with Crippen molar-refractivity contribution in [1.29, 1.82) is 0 Å². The summed E-state index contributed by atoms with van der Waals surface area (Å²) in [5, 5.41) is 15.5. The molecular weight excluding hydrogens is 322 g/mol. The van der Waals surface area contributed by atoms with Crippen LogP contribution in [0.4, 0.5) is 0 Å². The molecule has 2 aromatic carbocycles. The number of tetrazole rings is 1. The maximum Gasteiger partial charge on any atom is 0.204 e. The Labute approximate surface area is 152 Å². The second-order valence-corrected chi connectivity index (χ2v) is 7.42. The number of hydrogen-bond acceptors (Lipinski definition) is 3. The van der Waals surface area contributed by atoms with E-state index in [2.05, 4.69) is 102 Å². The Morgan fingerprint density at radius 1 is 1.04 bits per heavy atom. The summed E-state index contributed by atoms with van der Waals surface area (Å²) in [6, 6.07) is 15.2. The second kappa shape index (κ2) is 6.09. The van der Waals surface area contributed by atoms with Gasteiger partial charge in [0.1, 0.15) is 0 Å². The second-order valence-electron chi connectivity index (χ2n) is 7.42. The van der Waals surface area contributed by atoms with Gasteiger partial charge in [0, 0.05) is 28.1 Å². The number of aromatic nitrogens is 5. The number of aromatic amines is 2. The smallest absolute Gasteiger partial charge is 0.204 e. The van der Waals surface area contributed by atoms with Gasteiger partial charge in [-0.1, -0.05) is 62.7 Å². The molecule has 0 aliphatic carbocycles. The van der Waals surface area contributed by atoms with E-state index in [0.717, 1.165) is 11.1 Å². The molecule has 1 atom stereocenters. The number of nitrogens with one attached hydrogen (secondary N) is 2. The van der Waals surface area contributed by atoms with Gasteiger partial charge in [-0.3, -0.25) is 0 Å². The molecule has 0 amide bonds. The minimum absolute atomic E-state index is 0.0837. The molecule has 0 saturated heterocycles. The van der Waals surface area contributed by atoms with Crippen LogP contribution in [-0.2, 0) is 5.41 Å². The van der Waals surface area contributed by atoms with Crippen molar-refractivity contribution in [3.05, 3.63) is 65.4 Å². The Morgan fingerprint density at radius 2 is 1.81 bits per heavy atom. The first-order valence-electron chi connectivity index (χ1n) is 8.92. The van der Waals surface area contributed by atoms with Crippen LogP contribution < -0.4 is 0 Å². The van der Waals surface area contributed by atoms with Gasteiger partial charge in [0.2, 0.25) is 5.82 Å². The van der Waals surface area contributed by atoms with E-state index in [0.29, 0.717) is 11.7 Å². The van der Waals surface area contributed by atoms with Crippen molar-refractivity contribution >= 4 is 10.9 Å². The van der Waals surface area contributed by atoms with E-state index in [1.165, 1.54) is 22.1 Å². The lowest BCUT2D eigenvalue weighted by atomic mass is 9.68. The van der Waals surface area contributed by atoms with Crippen LogP contribution in [0.25, 0.3) is 22.3 Å². The highest BCUT2D eigenvalue weighted by atomic mass is 15.5. The fourth-order valence-electron chi connectivity index (χ4n) is 3.68. The fourth-order valence-corrected chi connectivity index (χ4v) is 3.68. The van der Waals surface area contributed by atoms with Crippen LogP contribution in [0.1, 0.15) is 37.5 Å². The van der Waals surface area contributed by atoms with Crippen LogP contribution in [0.2, 0.25) is 0 Å². The Balaban J connectivity index is 1.87. The zero-order valence-corrected chi connectivity index (χ0v) is 15.5. The van der Waals surface area contributed by atoms with E-state index in [4.69, 9.17) is 0 Å². The van der Waals surface area contributed by atoms with Gasteiger partial charge >= 0.3 is 0 Å². The summed E-state index contributed by atoms with van der Waals surface area (Å²) in [4.78, 5) is 3.45. The molecule has 4 aromatic rings. The summed E-state index contributed by atoms with van der Waals surface area (Å²) in [7, 11) is 0. The molecule has 2 aromatic heterocycles. The van der Waals surface area contributed by atoms with Gasteiger partial charge in [-0.15, -0.1) is 10.2 Å². The Morgan fingerprint density at radius 3 is 2.46 bits per heavy atom. The molecule has 5 heteroatoms. The maximum absolute atomic E-state index is 4.07. The lowest BCUT2D eigenvalue weighted by Crippen LogP contribution is -2.29. The van der Waals surface area contributed by atoms with E-state index >= 15 is 0 Å². The van der Waals surface area contributed by atoms with Crippen molar-refractivity contribution < 1.29 is 0 Å². The molecular formula is C21H23N5. The fraction of sp³-hybridized carbons (Fsp3) is 0.286. The number of nitrogens with zero attached hydrogens (tertiary/aromatic N) is 3. The Hall–Kier alpha value is -2.95. The number of hydrogen-bond donors (Lipinski definition) is 2. The van der Waals surface area contributed by atoms with Crippen LogP contribution in [0.5, 0.6) is 0 Å². The molecule has 2 N–H and O–H groups in total. The molecule has 0 spiro atoms. The van der Waals surface area contributed by atoms with E-state index in [1.54, 1.807) is 0 Å². The molecule has 0 saturated carbocycles. The quantitative estimate of drug-likeness (QED) is 0.567. The van der Waals surface area contributed by atoms with Crippen molar-refractivity contribution in [2.45, 2.75) is 33.1 Å². The van der Waals surface area contributed by atoms with Gasteiger partial charge in [0.25, 0.3) is 0 Å². The molecule has 0 bridgehead atoms. The topological polar surface area (TPSA) is 70.2 Å². The van der Waals surface area contributed by atoms with Crippen molar-refractivity contribution in [1.82, 2.24) is 25.6 Å². The number of fused-ring (bicyclic) bond motifs is 1. The van der Waals surface area contributed by atoms with Gasteiger partial charge in [0.05, 0.1) is 0 Å². The number of aryl methyl sites for hydroxylation is 1. The zero-order valence-electron chi connectivity index (χ0n) is 15.5. The molecule has 0 fully saturated rings. The third-order valence-electron chi connectivity index (χ3n) is 5.65. The van der Waals surface area contributed by atoms with Gasteiger partial charge in [-0.25, -0.2) is 0 Å². The third-order valence-corrected chi connectivity index (χ3v) is 5.65. The monoisotopic (exact) mass is 345 g/mol. The summed E-state index contributed by atoms with van der Waals surface area (Å²) in [6.45, 7) is 9.03. The van der Waals surface area contributed by atoms with Crippen LogP contribution in [-0.4, -0.2) is 25.6 Å². The Bertz CT molecular complexity index is 1030. The lowest BCUT2D eigenvalue weighted by molar-refractivity contribution is 0.408. The summed E-state index contributed by atoms with van der Waals surface area (Å²) >= 11 is 0. The van der Waals surface area contributed by atoms with Crippen LogP contribution >= 0.6 is 0 Å². The van der Waals surface area contributed by atoms with Crippen LogP contribution in [0.15, 0.2) is 48.7 Å². The van der Waals surface area contributed by atoms with Crippen molar-refractivity contribution in [2.75, 3.05) is 0 Å². The molecule has 5 nitrogen and oxygen atoms in total. The minimum atomic E-state index is -0.0837. The normalized spacial score (nSPS) is 14.0. The van der Waals surface area contributed by atoms with E-state index in [1.807, 2.05) is 0 Å². The Kier molecular flexibility index (Phi) is 3.87. The highest BCUT2D eigenvalue weighted by Gasteiger charge is 2.34. The molecule has 0 radical (unpaired) electrons.